The topological polar surface area (TPSA) is 55.1 Å². The minimum Gasteiger partial charge on any atom is -0.399 e. The van der Waals surface area contributed by atoms with Gasteiger partial charge in [0.15, 0.2) is 0 Å². The Balaban J connectivity index is 2.18. The second-order valence-electron chi connectivity index (χ2n) is 3.33. The minimum atomic E-state index is -0.479. The molecule has 2 rings (SSSR count). The summed E-state index contributed by atoms with van der Waals surface area (Å²) in [5.74, 6) is -0.765. The van der Waals surface area contributed by atoms with Crippen molar-refractivity contribution in [1.29, 1.82) is 0 Å². The number of amides is 1. The molecule has 88 valence electrons. The second-order valence-corrected chi connectivity index (χ2v) is 5.79. The maximum absolute atomic E-state index is 13.0. The van der Waals surface area contributed by atoms with Gasteiger partial charge in [0.25, 0.3) is 5.91 Å². The van der Waals surface area contributed by atoms with Crippen molar-refractivity contribution in [1.82, 2.24) is 0 Å². The zero-order chi connectivity index (χ0) is 12.4. The van der Waals surface area contributed by atoms with E-state index in [0.29, 0.717) is 10.6 Å². The number of nitrogens with one attached hydrogen (secondary N) is 1. The average molecular weight is 315 g/mol. The van der Waals surface area contributed by atoms with Gasteiger partial charge < -0.3 is 11.1 Å². The van der Waals surface area contributed by atoms with Crippen LogP contribution in [0.3, 0.4) is 0 Å². The molecule has 1 amide bonds. The van der Waals surface area contributed by atoms with Crippen LogP contribution in [0.1, 0.15) is 9.67 Å². The van der Waals surface area contributed by atoms with E-state index in [1.807, 2.05) is 0 Å². The fraction of sp³-hybridized carbons (Fsp3) is 0. The Labute approximate surface area is 110 Å². The van der Waals surface area contributed by atoms with Crippen LogP contribution >= 0.6 is 27.3 Å². The van der Waals surface area contributed by atoms with E-state index in [1.54, 1.807) is 12.1 Å². The van der Waals surface area contributed by atoms with Crippen LogP contribution in [0.5, 0.6) is 0 Å². The molecule has 0 radical (unpaired) electrons. The Hall–Kier alpha value is -1.40. The fourth-order valence-electron chi connectivity index (χ4n) is 1.31. The van der Waals surface area contributed by atoms with Gasteiger partial charge in [-0.2, -0.15) is 0 Å². The van der Waals surface area contributed by atoms with Gasteiger partial charge in [0.05, 0.1) is 8.66 Å². The Morgan fingerprint density at radius 1 is 1.35 bits per heavy atom. The first-order chi connectivity index (χ1) is 8.04. The molecular formula is C11H8BrFN2OS. The number of nitrogen functional groups attached to an aromatic ring is 1. The molecule has 3 nitrogen and oxygen atoms in total. The molecule has 0 unspecified atom stereocenters. The quantitative estimate of drug-likeness (QED) is 0.834. The third-order valence-electron chi connectivity index (χ3n) is 1.97. The summed E-state index contributed by atoms with van der Waals surface area (Å²) in [5, 5.41) is 2.58. The summed E-state index contributed by atoms with van der Waals surface area (Å²) >= 11 is 4.57. The molecule has 1 aromatic carbocycles. The molecule has 0 spiro atoms. The first kappa shape index (κ1) is 12.1. The third-order valence-corrected chi connectivity index (χ3v) is 3.60. The Kier molecular flexibility index (Phi) is 3.44. The van der Waals surface area contributed by atoms with Crippen LogP contribution < -0.4 is 11.1 Å². The van der Waals surface area contributed by atoms with Crippen LogP contribution in [-0.2, 0) is 0 Å². The predicted molar refractivity (Wildman–Crippen MR) is 70.8 cm³/mol. The molecule has 17 heavy (non-hydrogen) atoms. The van der Waals surface area contributed by atoms with E-state index in [0.717, 1.165) is 3.79 Å². The van der Waals surface area contributed by atoms with Crippen LogP contribution in [0.4, 0.5) is 15.8 Å². The minimum absolute atomic E-state index is 0.271. The largest absolute Gasteiger partial charge is 0.399 e. The number of benzene rings is 1. The third kappa shape index (κ3) is 3.04. The molecule has 1 heterocycles. The molecule has 0 aliphatic carbocycles. The number of hydrogen-bond donors (Lipinski definition) is 2. The fourth-order valence-corrected chi connectivity index (χ4v) is 2.59. The van der Waals surface area contributed by atoms with Crippen molar-refractivity contribution in [2.24, 2.45) is 0 Å². The molecule has 0 atom stereocenters. The zero-order valence-corrected chi connectivity index (χ0v) is 10.9. The van der Waals surface area contributed by atoms with Gasteiger partial charge in [0.1, 0.15) is 5.82 Å². The second kappa shape index (κ2) is 4.85. The zero-order valence-electron chi connectivity index (χ0n) is 8.54. The van der Waals surface area contributed by atoms with Crippen molar-refractivity contribution in [2.75, 3.05) is 11.1 Å². The summed E-state index contributed by atoms with van der Waals surface area (Å²) in [6, 6.07) is 7.38. The lowest BCUT2D eigenvalue weighted by Crippen LogP contribution is -2.10. The first-order valence-electron chi connectivity index (χ1n) is 4.67. The van der Waals surface area contributed by atoms with E-state index in [9.17, 15) is 9.18 Å². The number of rotatable bonds is 2. The maximum Gasteiger partial charge on any atom is 0.265 e. The summed E-state index contributed by atoms with van der Waals surface area (Å²) in [6.07, 6.45) is 0. The molecule has 0 saturated carbocycles. The molecule has 1 aromatic heterocycles. The van der Waals surface area contributed by atoms with Crippen molar-refractivity contribution in [3.63, 3.8) is 0 Å². The Bertz CT molecular complexity index is 550. The molecular weight excluding hydrogens is 307 g/mol. The van der Waals surface area contributed by atoms with Crippen LogP contribution in [-0.4, -0.2) is 5.91 Å². The van der Waals surface area contributed by atoms with Crippen molar-refractivity contribution in [3.8, 4) is 0 Å². The normalized spacial score (nSPS) is 10.2. The summed E-state index contributed by atoms with van der Waals surface area (Å²) < 4.78 is 13.9. The molecule has 3 N–H and O–H groups in total. The average Bonchev–Trinajstić information content (AvgIpc) is 2.63. The van der Waals surface area contributed by atoms with Gasteiger partial charge in [-0.05, 0) is 46.3 Å². The van der Waals surface area contributed by atoms with Gasteiger partial charge in [-0.25, -0.2) is 4.39 Å². The van der Waals surface area contributed by atoms with E-state index < -0.39 is 5.82 Å². The van der Waals surface area contributed by atoms with Gasteiger partial charge >= 0.3 is 0 Å². The molecule has 2 aromatic rings. The summed E-state index contributed by atoms with van der Waals surface area (Å²) in [6.45, 7) is 0. The van der Waals surface area contributed by atoms with Crippen LogP contribution in [0.25, 0.3) is 0 Å². The van der Waals surface area contributed by atoms with Crippen LogP contribution in [0.2, 0.25) is 0 Å². The number of thiophene rings is 1. The van der Waals surface area contributed by atoms with E-state index in [4.69, 9.17) is 5.73 Å². The number of hydrogen-bond acceptors (Lipinski definition) is 3. The lowest BCUT2D eigenvalue weighted by molar-refractivity contribution is 0.103. The monoisotopic (exact) mass is 314 g/mol. The van der Waals surface area contributed by atoms with Gasteiger partial charge in [0.2, 0.25) is 0 Å². The van der Waals surface area contributed by atoms with Gasteiger partial charge in [-0.3, -0.25) is 4.79 Å². The number of halogens is 2. The molecule has 0 bridgehead atoms. The summed E-state index contributed by atoms with van der Waals surface area (Å²) in [4.78, 5) is 12.3. The van der Waals surface area contributed by atoms with Crippen molar-refractivity contribution < 1.29 is 9.18 Å². The van der Waals surface area contributed by atoms with E-state index in [2.05, 4.69) is 21.2 Å². The summed E-state index contributed by atoms with van der Waals surface area (Å²) in [7, 11) is 0. The van der Waals surface area contributed by atoms with E-state index >= 15 is 0 Å². The first-order valence-corrected chi connectivity index (χ1v) is 6.28. The highest BCUT2D eigenvalue weighted by atomic mass is 79.9. The lowest BCUT2D eigenvalue weighted by atomic mass is 10.2. The molecule has 0 fully saturated rings. The smallest absolute Gasteiger partial charge is 0.265 e. The van der Waals surface area contributed by atoms with E-state index in [1.165, 1.54) is 29.5 Å². The highest BCUT2D eigenvalue weighted by molar-refractivity contribution is 9.11. The van der Waals surface area contributed by atoms with Crippen LogP contribution in [0.15, 0.2) is 34.1 Å². The highest BCUT2D eigenvalue weighted by Crippen LogP contribution is 2.23. The summed E-state index contributed by atoms with van der Waals surface area (Å²) in [5.41, 5.74) is 6.10. The number of carbonyl (C=O) groups is 1. The van der Waals surface area contributed by atoms with E-state index in [-0.39, 0.29) is 11.6 Å². The Morgan fingerprint density at radius 3 is 2.71 bits per heavy atom. The van der Waals surface area contributed by atoms with Crippen molar-refractivity contribution in [3.05, 3.63) is 44.8 Å². The molecule has 0 saturated heterocycles. The Morgan fingerprint density at radius 2 is 2.12 bits per heavy atom. The number of nitrogens with two attached hydrogens (primary N) is 1. The van der Waals surface area contributed by atoms with Crippen molar-refractivity contribution in [2.45, 2.75) is 0 Å². The van der Waals surface area contributed by atoms with Crippen molar-refractivity contribution >= 4 is 44.5 Å². The standard InChI is InChI=1S/C11H8BrFN2OS/c12-10-2-1-9(17-10)11(16)15-8-4-6(13)3-7(14)5-8/h1-5H,14H2,(H,15,16). The maximum atomic E-state index is 13.0. The lowest BCUT2D eigenvalue weighted by Gasteiger charge is -2.04. The SMILES string of the molecule is Nc1cc(F)cc(NC(=O)c2ccc(Br)s2)c1. The number of anilines is 2. The molecule has 0 aliphatic rings. The molecule has 6 heteroatoms. The highest BCUT2D eigenvalue weighted by Gasteiger charge is 2.09. The van der Waals surface area contributed by atoms with Gasteiger partial charge in [0, 0.05) is 11.4 Å². The number of carbonyl (C=O) groups excluding carboxylic acids is 1. The predicted octanol–water partition coefficient (Wildman–Crippen LogP) is 3.48. The van der Waals surface area contributed by atoms with Gasteiger partial charge in [-0.15, -0.1) is 11.3 Å². The molecule has 0 aliphatic heterocycles. The van der Waals surface area contributed by atoms with Crippen LogP contribution in [0, 0.1) is 5.82 Å². The van der Waals surface area contributed by atoms with Gasteiger partial charge in [-0.1, -0.05) is 0 Å².